The minimum absolute atomic E-state index is 0.0432. The van der Waals surface area contributed by atoms with Gasteiger partial charge < -0.3 is 4.74 Å². The standard InChI is InChI=1S/C19H16F2O3S2/c20-15-7-6-14(10-16(15)21)17(22)11-24-18(23)12-2-4-13(5-3-12)19-25-8-1-9-26-19/h2-7,10,19H,1,8-9,11H2. The van der Waals surface area contributed by atoms with Gasteiger partial charge in [-0.2, -0.15) is 0 Å². The lowest BCUT2D eigenvalue weighted by Crippen LogP contribution is -2.14. The lowest BCUT2D eigenvalue weighted by molar-refractivity contribution is 0.0474. The minimum atomic E-state index is -1.11. The van der Waals surface area contributed by atoms with Gasteiger partial charge in [0.25, 0.3) is 0 Å². The van der Waals surface area contributed by atoms with Crippen molar-refractivity contribution in [3.05, 3.63) is 70.8 Å². The summed E-state index contributed by atoms with van der Waals surface area (Å²) in [5.74, 6) is -1.11. The van der Waals surface area contributed by atoms with Crippen LogP contribution in [0.15, 0.2) is 42.5 Å². The van der Waals surface area contributed by atoms with E-state index in [2.05, 4.69) is 0 Å². The molecule has 2 aromatic carbocycles. The summed E-state index contributed by atoms with van der Waals surface area (Å²) in [7, 11) is 0. The number of Topliss-reactive ketones (excluding diaryl/α,β-unsaturated/α-hetero) is 1. The van der Waals surface area contributed by atoms with E-state index in [0.717, 1.165) is 35.3 Å². The van der Waals surface area contributed by atoms with Gasteiger partial charge in [0.15, 0.2) is 24.0 Å². The highest BCUT2D eigenvalue weighted by Gasteiger charge is 2.18. The average molecular weight is 394 g/mol. The van der Waals surface area contributed by atoms with Crippen LogP contribution in [0.3, 0.4) is 0 Å². The van der Waals surface area contributed by atoms with E-state index in [-0.39, 0.29) is 5.56 Å². The summed E-state index contributed by atoms with van der Waals surface area (Å²) in [5, 5.41) is 0. The highest BCUT2D eigenvalue weighted by Crippen LogP contribution is 2.43. The molecule has 3 nitrogen and oxygen atoms in total. The molecule has 0 unspecified atom stereocenters. The van der Waals surface area contributed by atoms with E-state index in [1.807, 2.05) is 35.7 Å². The lowest BCUT2D eigenvalue weighted by atomic mass is 10.1. The van der Waals surface area contributed by atoms with E-state index in [4.69, 9.17) is 4.74 Å². The topological polar surface area (TPSA) is 43.4 Å². The maximum Gasteiger partial charge on any atom is 0.338 e. The Balaban J connectivity index is 1.57. The molecule has 0 atom stereocenters. The molecule has 1 saturated heterocycles. The number of benzene rings is 2. The van der Waals surface area contributed by atoms with Gasteiger partial charge in [0.1, 0.15) is 0 Å². The molecule has 1 aliphatic rings. The molecule has 136 valence electrons. The molecule has 3 rings (SSSR count). The molecular formula is C19H16F2O3S2. The number of rotatable bonds is 5. The fourth-order valence-corrected chi connectivity index (χ4v) is 5.32. The van der Waals surface area contributed by atoms with Gasteiger partial charge in [-0.25, -0.2) is 13.6 Å². The summed E-state index contributed by atoms with van der Waals surface area (Å²) in [5.41, 5.74) is 1.45. The van der Waals surface area contributed by atoms with E-state index >= 15 is 0 Å². The van der Waals surface area contributed by atoms with Gasteiger partial charge >= 0.3 is 5.97 Å². The number of carbonyl (C=O) groups excluding carboxylic acids is 2. The van der Waals surface area contributed by atoms with Crippen LogP contribution in [-0.4, -0.2) is 29.9 Å². The fraction of sp³-hybridized carbons (Fsp3) is 0.263. The van der Waals surface area contributed by atoms with Crippen LogP contribution in [0.1, 0.15) is 37.3 Å². The van der Waals surface area contributed by atoms with Gasteiger partial charge in [-0.3, -0.25) is 4.79 Å². The number of halogens is 2. The Morgan fingerprint density at radius 3 is 2.27 bits per heavy atom. The number of ether oxygens (including phenoxy) is 1. The molecule has 1 heterocycles. The molecule has 0 aromatic heterocycles. The zero-order valence-corrected chi connectivity index (χ0v) is 15.4. The number of hydrogen-bond donors (Lipinski definition) is 0. The number of esters is 1. The SMILES string of the molecule is O=C(COC(=O)c1ccc(C2SCCCS2)cc1)c1ccc(F)c(F)c1. The summed E-state index contributed by atoms with van der Waals surface area (Å²) in [6.45, 7) is -0.528. The van der Waals surface area contributed by atoms with Crippen molar-refractivity contribution in [2.24, 2.45) is 0 Å². The van der Waals surface area contributed by atoms with Crippen LogP contribution in [0.4, 0.5) is 8.78 Å². The van der Waals surface area contributed by atoms with Crippen LogP contribution in [0, 0.1) is 11.6 Å². The van der Waals surface area contributed by atoms with E-state index in [0.29, 0.717) is 10.1 Å². The molecule has 26 heavy (non-hydrogen) atoms. The van der Waals surface area contributed by atoms with Gasteiger partial charge in [0.05, 0.1) is 10.1 Å². The zero-order valence-electron chi connectivity index (χ0n) is 13.7. The van der Waals surface area contributed by atoms with Crippen LogP contribution >= 0.6 is 23.5 Å². The van der Waals surface area contributed by atoms with Gasteiger partial charge in [0.2, 0.25) is 0 Å². The third-order valence-corrected chi connectivity index (χ3v) is 6.84. The smallest absolute Gasteiger partial charge is 0.338 e. The Labute approximate surface area is 158 Å². The first-order valence-corrected chi connectivity index (χ1v) is 10.1. The molecule has 0 spiro atoms. The van der Waals surface area contributed by atoms with Gasteiger partial charge in [-0.15, -0.1) is 23.5 Å². The summed E-state index contributed by atoms with van der Waals surface area (Å²) in [6.07, 6.45) is 1.21. The maximum atomic E-state index is 13.2. The fourth-order valence-electron chi connectivity index (χ4n) is 2.42. The summed E-state index contributed by atoms with van der Waals surface area (Å²) in [4.78, 5) is 24.0. The predicted molar refractivity (Wildman–Crippen MR) is 99.7 cm³/mol. The highest BCUT2D eigenvalue weighted by atomic mass is 32.2. The van der Waals surface area contributed by atoms with Crippen LogP contribution in [-0.2, 0) is 4.74 Å². The van der Waals surface area contributed by atoms with Gasteiger partial charge in [0, 0.05) is 5.56 Å². The predicted octanol–water partition coefficient (Wildman–Crippen LogP) is 4.87. The Bertz CT molecular complexity index is 803. The van der Waals surface area contributed by atoms with Gasteiger partial charge in [-0.1, -0.05) is 12.1 Å². The van der Waals surface area contributed by atoms with Crippen molar-refractivity contribution in [1.29, 1.82) is 0 Å². The Kier molecular flexibility index (Phi) is 6.32. The molecule has 0 aliphatic carbocycles. The zero-order chi connectivity index (χ0) is 18.5. The first-order valence-electron chi connectivity index (χ1n) is 8.03. The van der Waals surface area contributed by atoms with Gasteiger partial charge in [-0.05, 0) is 53.8 Å². The van der Waals surface area contributed by atoms with E-state index in [1.54, 1.807) is 12.1 Å². The third kappa shape index (κ3) is 4.65. The Hall–Kier alpha value is -1.86. The molecule has 1 aliphatic heterocycles. The number of hydrogen-bond acceptors (Lipinski definition) is 5. The monoisotopic (exact) mass is 394 g/mol. The van der Waals surface area contributed by atoms with Crippen LogP contribution < -0.4 is 0 Å². The lowest BCUT2D eigenvalue weighted by Gasteiger charge is -2.21. The molecular weight excluding hydrogens is 378 g/mol. The molecule has 1 fully saturated rings. The van der Waals surface area contributed by atoms with Crippen molar-refractivity contribution < 1.29 is 23.1 Å². The highest BCUT2D eigenvalue weighted by molar-refractivity contribution is 8.16. The second-order valence-corrected chi connectivity index (χ2v) is 8.40. The van der Waals surface area contributed by atoms with Crippen molar-refractivity contribution in [3.63, 3.8) is 0 Å². The quantitative estimate of drug-likeness (QED) is 0.535. The largest absolute Gasteiger partial charge is 0.454 e. The van der Waals surface area contributed by atoms with Crippen molar-refractivity contribution >= 4 is 35.3 Å². The number of ketones is 1. The molecule has 0 amide bonds. The molecule has 0 N–H and O–H groups in total. The first kappa shape index (κ1) is 18.9. The Morgan fingerprint density at radius 1 is 0.962 bits per heavy atom. The summed E-state index contributed by atoms with van der Waals surface area (Å²) in [6, 6.07) is 9.95. The number of thioether (sulfide) groups is 2. The van der Waals surface area contributed by atoms with E-state index < -0.39 is 30.0 Å². The van der Waals surface area contributed by atoms with Crippen molar-refractivity contribution in [2.75, 3.05) is 18.1 Å². The van der Waals surface area contributed by atoms with Crippen LogP contribution in [0.25, 0.3) is 0 Å². The Morgan fingerprint density at radius 2 is 1.62 bits per heavy atom. The summed E-state index contributed by atoms with van der Waals surface area (Å²) < 4.78 is 31.4. The molecule has 0 bridgehead atoms. The van der Waals surface area contributed by atoms with Crippen molar-refractivity contribution in [3.8, 4) is 0 Å². The average Bonchev–Trinajstić information content (AvgIpc) is 2.68. The maximum absolute atomic E-state index is 13.2. The van der Waals surface area contributed by atoms with Crippen LogP contribution in [0.5, 0.6) is 0 Å². The minimum Gasteiger partial charge on any atom is -0.454 e. The third-order valence-electron chi connectivity index (χ3n) is 3.82. The molecule has 0 radical (unpaired) electrons. The van der Waals surface area contributed by atoms with Crippen molar-refractivity contribution in [1.82, 2.24) is 0 Å². The molecule has 7 heteroatoms. The second-order valence-electron chi connectivity index (χ2n) is 5.68. The van der Waals surface area contributed by atoms with Crippen molar-refractivity contribution in [2.45, 2.75) is 11.0 Å². The second kappa shape index (κ2) is 8.68. The van der Waals surface area contributed by atoms with E-state index in [9.17, 15) is 18.4 Å². The normalized spacial score (nSPS) is 14.8. The molecule has 0 saturated carbocycles. The molecule has 2 aromatic rings. The number of carbonyl (C=O) groups is 2. The van der Waals surface area contributed by atoms with E-state index in [1.165, 1.54) is 6.42 Å². The van der Waals surface area contributed by atoms with Crippen LogP contribution in [0.2, 0.25) is 0 Å². The first-order chi connectivity index (χ1) is 12.5. The summed E-state index contributed by atoms with van der Waals surface area (Å²) >= 11 is 3.78.